The van der Waals surface area contributed by atoms with Crippen molar-refractivity contribution in [2.45, 2.75) is 25.6 Å². The fourth-order valence-electron chi connectivity index (χ4n) is 2.96. The molecule has 0 aliphatic carbocycles. The van der Waals surface area contributed by atoms with Crippen molar-refractivity contribution in [1.82, 2.24) is 29.8 Å². The van der Waals surface area contributed by atoms with Crippen LogP contribution in [0, 0.1) is 0 Å². The summed E-state index contributed by atoms with van der Waals surface area (Å²) < 4.78 is 22.2. The van der Waals surface area contributed by atoms with E-state index < -0.39 is 5.67 Å². The minimum absolute atomic E-state index is 0.0429. The van der Waals surface area contributed by atoms with Crippen molar-refractivity contribution in [2.75, 3.05) is 13.1 Å². The van der Waals surface area contributed by atoms with E-state index in [0.29, 0.717) is 17.8 Å². The molecule has 1 atom stereocenters. The van der Waals surface area contributed by atoms with E-state index in [-0.39, 0.29) is 37.1 Å². The number of hydrogen-bond acceptors (Lipinski definition) is 6. The molecule has 1 aliphatic rings. The predicted octanol–water partition coefficient (Wildman–Crippen LogP) is 2.06. The number of aromatic nitrogens is 5. The van der Waals surface area contributed by atoms with Gasteiger partial charge in [0.25, 0.3) is 11.8 Å². The van der Waals surface area contributed by atoms with E-state index in [1.54, 1.807) is 41.5 Å². The van der Waals surface area contributed by atoms with E-state index in [2.05, 4.69) is 20.2 Å². The van der Waals surface area contributed by atoms with Crippen LogP contribution >= 0.6 is 0 Å². The highest BCUT2D eigenvalue weighted by molar-refractivity contribution is 5.92. The Bertz CT molecular complexity index is 924. The Kier molecular flexibility index (Phi) is 3.98. The van der Waals surface area contributed by atoms with Crippen LogP contribution in [-0.4, -0.2) is 48.8 Å². The van der Waals surface area contributed by atoms with Crippen LogP contribution in [-0.2, 0) is 12.2 Å². The molecule has 0 radical (unpaired) electrons. The molecule has 4 heterocycles. The maximum absolute atomic E-state index is 15.4. The minimum atomic E-state index is -1.84. The van der Waals surface area contributed by atoms with E-state index in [0.717, 1.165) is 0 Å². The van der Waals surface area contributed by atoms with Crippen LogP contribution in [0.5, 0.6) is 0 Å². The van der Waals surface area contributed by atoms with Gasteiger partial charge in [-0.3, -0.25) is 14.5 Å². The zero-order valence-corrected chi connectivity index (χ0v) is 14.2. The lowest BCUT2D eigenvalue weighted by molar-refractivity contribution is 0.0736. The molecular formula is C17H17FN6O2. The minimum Gasteiger partial charge on any atom is -0.334 e. The monoisotopic (exact) mass is 356 g/mol. The van der Waals surface area contributed by atoms with Crippen molar-refractivity contribution in [3.63, 3.8) is 0 Å². The second-order valence-corrected chi connectivity index (χ2v) is 6.16. The number of alkyl halides is 1. The Morgan fingerprint density at radius 1 is 1.35 bits per heavy atom. The Balaban J connectivity index is 1.52. The van der Waals surface area contributed by atoms with E-state index in [9.17, 15) is 4.79 Å². The Labute approximate surface area is 148 Å². The van der Waals surface area contributed by atoms with E-state index in [4.69, 9.17) is 4.52 Å². The third-order valence-corrected chi connectivity index (χ3v) is 4.44. The zero-order valence-electron chi connectivity index (χ0n) is 14.2. The summed E-state index contributed by atoms with van der Waals surface area (Å²) in [5.41, 5.74) is -0.863. The number of rotatable bonds is 4. The summed E-state index contributed by atoms with van der Waals surface area (Å²) >= 11 is 0. The second kappa shape index (κ2) is 6.32. The molecule has 0 saturated carbocycles. The molecule has 9 heteroatoms. The number of carbonyl (C=O) groups is 1. The molecule has 1 amide bonds. The number of pyridine rings is 1. The average molecular weight is 356 g/mol. The standard InChI is InChI=1S/C17H17FN6O2/c1-2-24-9-5-13(21-24)15(25)23-10-6-17(18,11-23)16-20-14(26-22-16)12-3-7-19-8-4-12/h3-5,7-9H,2,6,10-11H2,1H3. The van der Waals surface area contributed by atoms with E-state index >= 15 is 4.39 Å². The van der Waals surface area contributed by atoms with Crippen LogP contribution < -0.4 is 0 Å². The van der Waals surface area contributed by atoms with Crippen LogP contribution in [0.3, 0.4) is 0 Å². The van der Waals surface area contributed by atoms with Gasteiger partial charge >= 0.3 is 0 Å². The molecule has 0 N–H and O–H groups in total. The fraction of sp³-hybridized carbons (Fsp3) is 0.353. The molecular weight excluding hydrogens is 339 g/mol. The van der Waals surface area contributed by atoms with Gasteiger partial charge in [0, 0.05) is 43.7 Å². The third-order valence-electron chi connectivity index (χ3n) is 4.44. The molecule has 1 saturated heterocycles. The van der Waals surface area contributed by atoms with Gasteiger partial charge in [-0.1, -0.05) is 5.16 Å². The van der Waals surface area contributed by atoms with Crippen molar-refractivity contribution in [3.8, 4) is 11.5 Å². The smallest absolute Gasteiger partial charge is 0.274 e. The molecule has 1 unspecified atom stereocenters. The van der Waals surface area contributed by atoms with Gasteiger partial charge in [-0.25, -0.2) is 4.39 Å². The molecule has 134 valence electrons. The summed E-state index contributed by atoms with van der Waals surface area (Å²) in [5.74, 6) is -0.112. The second-order valence-electron chi connectivity index (χ2n) is 6.16. The summed E-state index contributed by atoms with van der Waals surface area (Å²) in [6.07, 6.45) is 5.03. The molecule has 0 spiro atoms. The van der Waals surface area contributed by atoms with Crippen molar-refractivity contribution in [1.29, 1.82) is 0 Å². The lowest BCUT2D eigenvalue weighted by Gasteiger charge is -2.17. The Morgan fingerprint density at radius 2 is 2.15 bits per heavy atom. The predicted molar refractivity (Wildman–Crippen MR) is 88.7 cm³/mol. The van der Waals surface area contributed by atoms with Gasteiger partial charge in [-0.2, -0.15) is 10.1 Å². The van der Waals surface area contributed by atoms with Gasteiger partial charge in [0.1, 0.15) is 5.69 Å². The number of aryl methyl sites for hydroxylation is 1. The normalized spacial score (nSPS) is 19.8. The van der Waals surface area contributed by atoms with Crippen LogP contribution in [0.4, 0.5) is 4.39 Å². The van der Waals surface area contributed by atoms with Gasteiger partial charge in [0.2, 0.25) is 5.82 Å². The summed E-state index contributed by atoms with van der Waals surface area (Å²) in [6, 6.07) is 5.05. The van der Waals surface area contributed by atoms with Gasteiger partial charge in [0.05, 0.1) is 6.54 Å². The first-order chi connectivity index (χ1) is 12.6. The highest BCUT2D eigenvalue weighted by atomic mass is 19.1. The largest absolute Gasteiger partial charge is 0.334 e. The quantitative estimate of drug-likeness (QED) is 0.711. The first-order valence-corrected chi connectivity index (χ1v) is 8.35. The third kappa shape index (κ3) is 2.85. The van der Waals surface area contributed by atoms with E-state index in [1.165, 1.54) is 4.90 Å². The highest BCUT2D eigenvalue weighted by Crippen LogP contribution is 2.35. The number of likely N-dealkylation sites (tertiary alicyclic amines) is 1. The SMILES string of the molecule is CCn1ccc(C(=O)N2CCC(F)(c3noc(-c4ccncc4)n3)C2)n1. The summed E-state index contributed by atoms with van der Waals surface area (Å²) in [5, 5.41) is 7.98. The van der Waals surface area contributed by atoms with Crippen molar-refractivity contribution in [3.05, 3.63) is 48.3 Å². The Hall–Kier alpha value is -3.10. The fourth-order valence-corrected chi connectivity index (χ4v) is 2.96. The summed E-state index contributed by atoms with van der Waals surface area (Å²) in [7, 11) is 0. The lowest BCUT2D eigenvalue weighted by atomic mass is 10.1. The van der Waals surface area contributed by atoms with E-state index in [1.807, 2.05) is 6.92 Å². The molecule has 4 rings (SSSR count). The van der Waals surface area contributed by atoms with Crippen LogP contribution in [0.2, 0.25) is 0 Å². The molecule has 1 fully saturated rings. The number of amides is 1. The van der Waals surface area contributed by atoms with Crippen molar-refractivity contribution >= 4 is 5.91 Å². The summed E-state index contributed by atoms with van der Waals surface area (Å²) in [6.45, 7) is 2.74. The number of hydrogen-bond donors (Lipinski definition) is 0. The zero-order chi connectivity index (χ0) is 18.1. The summed E-state index contributed by atoms with van der Waals surface area (Å²) in [4.78, 5) is 22.1. The van der Waals surface area contributed by atoms with Gasteiger partial charge in [-0.15, -0.1) is 0 Å². The number of halogens is 1. The molecule has 0 aromatic carbocycles. The van der Waals surface area contributed by atoms with Gasteiger partial charge in [0.15, 0.2) is 5.67 Å². The highest BCUT2D eigenvalue weighted by Gasteiger charge is 2.46. The van der Waals surface area contributed by atoms with Crippen molar-refractivity contribution in [2.24, 2.45) is 0 Å². The molecule has 3 aromatic heterocycles. The molecule has 3 aromatic rings. The molecule has 1 aliphatic heterocycles. The van der Waals surface area contributed by atoms with Crippen molar-refractivity contribution < 1.29 is 13.7 Å². The van der Waals surface area contributed by atoms with Crippen LogP contribution in [0.25, 0.3) is 11.5 Å². The molecule has 8 nitrogen and oxygen atoms in total. The van der Waals surface area contributed by atoms with Crippen LogP contribution in [0.15, 0.2) is 41.3 Å². The first kappa shape index (κ1) is 16.4. The lowest BCUT2D eigenvalue weighted by Crippen LogP contribution is -2.33. The van der Waals surface area contributed by atoms with Gasteiger partial charge < -0.3 is 9.42 Å². The number of carbonyl (C=O) groups excluding carboxylic acids is 1. The number of nitrogens with zero attached hydrogens (tertiary/aromatic N) is 6. The maximum Gasteiger partial charge on any atom is 0.274 e. The maximum atomic E-state index is 15.4. The van der Waals surface area contributed by atoms with Gasteiger partial charge in [-0.05, 0) is 25.1 Å². The Morgan fingerprint density at radius 3 is 2.88 bits per heavy atom. The molecule has 0 bridgehead atoms. The first-order valence-electron chi connectivity index (χ1n) is 8.35. The van der Waals surface area contributed by atoms with Crippen LogP contribution in [0.1, 0.15) is 29.7 Å². The molecule has 26 heavy (non-hydrogen) atoms. The topological polar surface area (TPSA) is 89.9 Å². The average Bonchev–Trinajstić information content (AvgIpc) is 3.41.